The van der Waals surface area contributed by atoms with Crippen LogP contribution in [0.25, 0.3) is 27.8 Å². The smallest absolute Gasteiger partial charge is 0.256 e. The molecule has 2 atom stereocenters. The van der Waals surface area contributed by atoms with Crippen LogP contribution in [0.3, 0.4) is 0 Å². The fourth-order valence-corrected chi connectivity index (χ4v) is 7.75. The maximum absolute atomic E-state index is 15.8. The summed E-state index contributed by atoms with van der Waals surface area (Å²) in [5.41, 5.74) is 2.07. The third-order valence-electron chi connectivity index (χ3n) is 10.7. The number of piperazine rings is 1. The first-order valence-corrected chi connectivity index (χ1v) is 20.0. The molecule has 8 heterocycles. The second-order valence-electron chi connectivity index (χ2n) is 14.9. The van der Waals surface area contributed by atoms with Crippen LogP contribution in [0.4, 0.5) is 42.5 Å². The van der Waals surface area contributed by atoms with Crippen LogP contribution < -0.4 is 30.5 Å². The van der Waals surface area contributed by atoms with E-state index in [1.54, 1.807) is 51.5 Å². The molecule has 0 unspecified atom stereocenters. The highest BCUT2D eigenvalue weighted by Crippen LogP contribution is 2.31. The number of imidazole rings is 2. The highest BCUT2D eigenvalue weighted by atomic mass is 79.9. The van der Waals surface area contributed by atoms with Crippen LogP contribution in [-0.4, -0.2) is 135 Å². The van der Waals surface area contributed by atoms with E-state index >= 15 is 8.78 Å². The number of nitrogens with zero attached hydrogens (tertiary/aromatic N) is 15. The van der Waals surface area contributed by atoms with Crippen LogP contribution >= 0.6 is 15.9 Å². The van der Waals surface area contributed by atoms with Gasteiger partial charge in [0.2, 0.25) is 23.8 Å². The molecule has 0 radical (unpaired) electrons. The van der Waals surface area contributed by atoms with Gasteiger partial charge in [-0.05, 0) is 35.1 Å². The Morgan fingerprint density at radius 3 is 2.54 bits per heavy atom. The number of hydrogen-bond donors (Lipinski definition) is 3. The lowest BCUT2D eigenvalue weighted by molar-refractivity contribution is -0.118. The summed E-state index contributed by atoms with van der Waals surface area (Å²) in [7, 11) is 7.09. The number of aryl methyl sites for hydroxylation is 2. The molecule has 0 aliphatic carbocycles. The summed E-state index contributed by atoms with van der Waals surface area (Å²) in [6.45, 7) is 6.85. The van der Waals surface area contributed by atoms with Crippen molar-refractivity contribution in [3.63, 3.8) is 0 Å². The van der Waals surface area contributed by atoms with Gasteiger partial charge in [-0.3, -0.25) is 9.48 Å². The zero-order valence-electron chi connectivity index (χ0n) is 33.4. The molecule has 9 rings (SSSR count). The van der Waals surface area contributed by atoms with Crippen LogP contribution in [0.15, 0.2) is 47.5 Å². The molecular weight excluding hydrogens is 865 g/mol. The number of benzene rings is 1. The topological polar surface area (TPSA) is 194 Å². The molecular formula is C37H40BrF3N18O2. The van der Waals surface area contributed by atoms with E-state index in [9.17, 15) is 9.18 Å². The van der Waals surface area contributed by atoms with Crippen molar-refractivity contribution in [1.82, 2.24) is 68.6 Å². The zero-order valence-corrected chi connectivity index (χ0v) is 35.0. The number of carbonyl (C=O) groups is 1. The lowest BCUT2D eigenvalue weighted by Crippen LogP contribution is -2.45. The number of fused-ring (bicyclic) bond motifs is 3. The van der Waals surface area contributed by atoms with Gasteiger partial charge in [0, 0.05) is 52.4 Å². The van der Waals surface area contributed by atoms with Crippen LogP contribution in [-0.2, 0) is 32.0 Å². The fraction of sp³-hybridized carbons (Fsp3) is 0.378. The molecule has 1 amide bonds. The molecule has 2 aliphatic heterocycles. The molecule has 1 aromatic carbocycles. The number of methoxy groups -OCH3 is 1. The second-order valence-corrected chi connectivity index (χ2v) is 15.8. The molecule has 24 heteroatoms. The van der Waals surface area contributed by atoms with Gasteiger partial charge < -0.3 is 44.5 Å². The molecule has 20 nitrogen and oxygen atoms in total. The Hall–Kier alpha value is -6.56. The predicted molar refractivity (Wildman–Crippen MR) is 223 cm³/mol. The maximum atomic E-state index is 15.8. The van der Waals surface area contributed by atoms with Gasteiger partial charge in [-0.2, -0.15) is 29.5 Å². The Balaban J connectivity index is 0.935. The van der Waals surface area contributed by atoms with Gasteiger partial charge >= 0.3 is 0 Å². The van der Waals surface area contributed by atoms with Crippen molar-refractivity contribution in [3.8, 4) is 5.88 Å². The molecule has 2 aliphatic rings. The van der Waals surface area contributed by atoms with Gasteiger partial charge in [0.05, 0.1) is 61.5 Å². The fourth-order valence-electron chi connectivity index (χ4n) is 7.41. The number of carbonyl (C=O) groups excluding carboxylic acids is 1. The summed E-state index contributed by atoms with van der Waals surface area (Å²) in [6, 6.07) is 1.42. The first-order chi connectivity index (χ1) is 29.3. The molecule has 0 spiro atoms. The highest BCUT2D eigenvalue weighted by molar-refractivity contribution is 9.10. The Bertz CT molecular complexity index is 2830. The lowest BCUT2D eigenvalue weighted by atomic mass is 10.2. The standard InChI is InChI=1S/C37H40BrF3N18O2/c1-19(33(60)46-23-17-57(15-22(23)40)36-48-30(29-32(50-36)54(3)18-43-29)45-24-16-55(4)52-34(24)61-5)14-58-25-7-6-21(39)27(41)28(25)47-26(58)13-42-35-51-37(56-10-8-53(2)9-11-56)49-31-20(38)12-44-59(31)35/h6-7,12,16,18,22-23H,1,8-11,13-15,17H2,2-5H3,(H,46,60)(H,42,49,51)(H,45,48,50)/t22-,23-/m1/s1. The summed E-state index contributed by atoms with van der Waals surface area (Å²) >= 11 is 3.52. The van der Waals surface area contributed by atoms with E-state index in [2.05, 4.69) is 80.5 Å². The van der Waals surface area contributed by atoms with Gasteiger partial charge in [0.1, 0.15) is 23.2 Å². The van der Waals surface area contributed by atoms with Gasteiger partial charge in [-0.15, -0.1) is 5.10 Å². The van der Waals surface area contributed by atoms with Gasteiger partial charge in [0.25, 0.3) is 5.88 Å². The van der Waals surface area contributed by atoms with E-state index in [1.165, 1.54) is 17.7 Å². The van der Waals surface area contributed by atoms with Crippen molar-refractivity contribution in [2.45, 2.75) is 25.3 Å². The number of hydrogen-bond acceptors (Lipinski definition) is 15. The number of amides is 1. The molecule has 318 valence electrons. The summed E-state index contributed by atoms with van der Waals surface area (Å²) in [5.74, 6) is -0.854. The van der Waals surface area contributed by atoms with E-state index in [-0.39, 0.29) is 54.6 Å². The average Bonchev–Trinajstić information content (AvgIpc) is 4.07. The number of anilines is 5. The summed E-state index contributed by atoms with van der Waals surface area (Å²) < 4.78 is 57.9. The Morgan fingerprint density at radius 1 is 0.984 bits per heavy atom. The number of likely N-dealkylation sites (N-methyl/N-ethyl adjacent to an activating group) is 1. The van der Waals surface area contributed by atoms with E-state index < -0.39 is 29.8 Å². The summed E-state index contributed by atoms with van der Waals surface area (Å²) in [6.07, 6.45) is 3.43. The Kier molecular flexibility index (Phi) is 10.3. The predicted octanol–water partition coefficient (Wildman–Crippen LogP) is 2.94. The van der Waals surface area contributed by atoms with Gasteiger partial charge in [-0.1, -0.05) is 6.58 Å². The molecule has 0 bridgehead atoms. The normalized spacial score (nSPS) is 17.2. The summed E-state index contributed by atoms with van der Waals surface area (Å²) in [4.78, 5) is 47.4. The largest absolute Gasteiger partial charge is 0.478 e. The van der Waals surface area contributed by atoms with Crippen molar-refractivity contribution >= 4 is 79.0 Å². The van der Waals surface area contributed by atoms with Crippen LogP contribution in [0.5, 0.6) is 5.88 Å². The number of rotatable bonds is 12. The number of halogens is 4. The minimum absolute atomic E-state index is 0.0261. The van der Waals surface area contributed by atoms with Crippen LogP contribution in [0.1, 0.15) is 5.82 Å². The van der Waals surface area contributed by atoms with Crippen molar-refractivity contribution in [2.24, 2.45) is 14.1 Å². The molecule has 3 N–H and O–H groups in total. The lowest BCUT2D eigenvalue weighted by Gasteiger charge is -2.32. The minimum Gasteiger partial charge on any atom is -0.478 e. The van der Waals surface area contributed by atoms with E-state index in [0.29, 0.717) is 50.6 Å². The second kappa shape index (κ2) is 15.8. The van der Waals surface area contributed by atoms with Gasteiger partial charge in [-0.25, -0.2) is 23.1 Å². The molecule has 2 fully saturated rings. The minimum atomic E-state index is -1.49. The molecule has 61 heavy (non-hydrogen) atoms. The third kappa shape index (κ3) is 7.49. The van der Waals surface area contributed by atoms with Crippen molar-refractivity contribution in [3.05, 3.63) is 64.9 Å². The van der Waals surface area contributed by atoms with Crippen molar-refractivity contribution in [2.75, 3.05) is 73.9 Å². The van der Waals surface area contributed by atoms with E-state index in [1.807, 2.05) is 0 Å². The van der Waals surface area contributed by atoms with E-state index in [4.69, 9.17) is 19.7 Å². The maximum Gasteiger partial charge on any atom is 0.256 e. The zero-order chi connectivity index (χ0) is 42.7. The Morgan fingerprint density at radius 2 is 1.75 bits per heavy atom. The molecule has 0 saturated carbocycles. The molecule has 6 aromatic heterocycles. The Labute approximate surface area is 353 Å². The number of nitrogens with one attached hydrogen (secondary N) is 3. The first-order valence-electron chi connectivity index (χ1n) is 19.2. The van der Waals surface area contributed by atoms with Crippen LogP contribution in [0, 0.1) is 11.6 Å². The number of aromatic nitrogens is 12. The average molecular weight is 906 g/mol. The first kappa shape index (κ1) is 39.9. The quantitative estimate of drug-likeness (QED) is 0.152. The van der Waals surface area contributed by atoms with Gasteiger partial charge in [0.15, 0.2) is 34.3 Å². The molecule has 7 aromatic rings. The highest BCUT2D eigenvalue weighted by Gasteiger charge is 2.36. The number of ether oxygens (including phenoxy) is 1. The summed E-state index contributed by atoms with van der Waals surface area (Å²) in [5, 5.41) is 17.9. The van der Waals surface area contributed by atoms with E-state index in [0.717, 1.165) is 32.2 Å². The monoisotopic (exact) mass is 904 g/mol. The third-order valence-corrected chi connectivity index (χ3v) is 11.3. The SMILES string of the molecule is C=C(Cn1c(CNc2nc(N3CCN(C)CC3)nc3c(Br)cnn23)nc2c(F)c(F)ccc21)C(=O)N[C@@H]1CN(c2nc(Nc3cn(C)nc3OC)c3ncn(C)c3n2)C[C@H]1F. The number of alkyl halides is 1. The van der Waals surface area contributed by atoms with Crippen LogP contribution in [0.2, 0.25) is 0 Å². The van der Waals surface area contributed by atoms with Crippen molar-refractivity contribution < 1.29 is 22.7 Å². The van der Waals surface area contributed by atoms with Crippen molar-refractivity contribution in [1.29, 1.82) is 0 Å². The molecule has 2 saturated heterocycles.